The largest absolute Gasteiger partial charge is 0.381 e. The molecule has 4 nitrogen and oxygen atoms in total. The Morgan fingerprint density at radius 2 is 1.90 bits per heavy atom. The zero-order chi connectivity index (χ0) is 14.5. The molecular formula is C17H24N2O2. The molecule has 0 atom stereocenters. The number of rotatable bonds is 5. The number of carbonyl (C=O) groups excluding carboxylic acids is 1. The summed E-state index contributed by atoms with van der Waals surface area (Å²) in [7, 11) is 0. The molecule has 2 heterocycles. The molecule has 4 heteroatoms. The Morgan fingerprint density at radius 3 is 2.52 bits per heavy atom. The van der Waals surface area contributed by atoms with Gasteiger partial charge in [-0.25, -0.2) is 0 Å². The maximum absolute atomic E-state index is 12.7. The van der Waals surface area contributed by atoms with Crippen LogP contribution in [0.3, 0.4) is 0 Å². The third-order valence-electron chi connectivity index (χ3n) is 4.48. The van der Waals surface area contributed by atoms with Crippen molar-refractivity contribution >= 4 is 5.91 Å². The lowest BCUT2D eigenvalue weighted by Gasteiger charge is -2.35. The van der Waals surface area contributed by atoms with Crippen LogP contribution in [0.15, 0.2) is 30.3 Å². The first-order valence-corrected chi connectivity index (χ1v) is 7.94. The van der Waals surface area contributed by atoms with E-state index < -0.39 is 0 Å². The second-order valence-electron chi connectivity index (χ2n) is 6.12. The smallest absolute Gasteiger partial charge is 0.228 e. The molecule has 21 heavy (non-hydrogen) atoms. The monoisotopic (exact) mass is 288 g/mol. The van der Waals surface area contributed by atoms with E-state index in [2.05, 4.69) is 22.3 Å². The van der Waals surface area contributed by atoms with E-state index in [1.807, 2.05) is 18.2 Å². The van der Waals surface area contributed by atoms with Gasteiger partial charge in [0.15, 0.2) is 0 Å². The first-order valence-electron chi connectivity index (χ1n) is 7.94. The van der Waals surface area contributed by atoms with E-state index in [-0.39, 0.29) is 5.92 Å². The number of nitrogens with one attached hydrogen (secondary N) is 1. The van der Waals surface area contributed by atoms with Crippen molar-refractivity contribution in [2.75, 3.05) is 32.8 Å². The van der Waals surface area contributed by atoms with Crippen molar-refractivity contribution < 1.29 is 9.53 Å². The van der Waals surface area contributed by atoms with Crippen LogP contribution in [0, 0.1) is 11.8 Å². The van der Waals surface area contributed by atoms with Gasteiger partial charge in [0, 0.05) is 39.4 Å². The molecule has 1 N–H and O–H groups in total. The third kappa shape index (κ3) is 3.83. The molecule has 0 spiro atoms. The molecule has 2 aliphatic rings. The number of hydrogen-bond donors (Lipinski definition) is 1. The van der Waals surface area contributed by atoms with Crippen LogP contribution in [-0.2, 0) is 16.1 Å². The third-order valence-corrected chi connectivity index (χ3v) is 4.48. The van der Waals surface area contributed by atoms with Crippen molar-refractivity contribution in [3.63, 3.8) is 0 Å². The van der Waals surface area contributed by atoms with E-state index in [0.717, 1.165) is 52.2 Å². The summed E-state index contributed by atoms with van der Waals surface area (Å²) >= 11 is 0. The Hall–Kier alpha value is -1.39. The lowest BCUT2D eigenvalue weighted by molar-refractivity contribution is -0.139. The topological polar surface area (TPSA) is 41.6 Å². The van der Waals surface area contributed by atoms with Crippen LogP contribution in [0.5, 0.6) is 0 Å². The van der Waals surface area contributed by atoms with E-state index in [1.54, 1.807) is 0 Å². The van der Waals surface area contributed by atoms with E-state index >= 15 is 0 Å². The minimum Gasteiger partial charge on any atom is -0.381 e. The SMILES string of the molecule is O=C(C1CNC1)N(Cc1ccccc1)CC1CCOCC1. The Kier molecular flexibility index (Phi) is 4.88. The molecular weight excluding hydrogens is 264 g/mol. The number of amides is 1. The molecule has 1 aromatic carbocycles. The molecule has 3 rings (SSSR count). The lowest BCUT2D eigenvalue weighted by atomic mass is 9.96. The Balaban J connectivity index is 1.65. The van der Waals surface area contributed by atoms with Crippen molar-refractivity contribution in [1.82, 2.24) is 10.2 Å². The van der Waals surface area contributed by atoms with Crippen LogP contribution in [0.2, 0.25) is 0 Å². The number of ether oxygens (including phenoxy) is 1. The zero-order valence-corrected chi connectivity index (χ0v) is 12.5. The van der Waals surface area contributed by atoms with Gasteiger partial charge in [-0.1, -0.05) is 30.3 Å². The highest BCUT2D eigenvalue weighted by Crippen LogP contribution is 2.20. The van der Waals surface area contributed by atoms with E-state index in [1.165, 1.54) is 5.56 Å². The van der Waals surface area contributed by atoms with Gasteiger partial charge in [0.1, 0.15) is 0 Å². The van der Waals surface area contributed by atoms with Gasteiger partial charge in [0.05, 0.1) is 5.92 Å². The fraction of sp³-hybridized carbons (Fsp3) is 0.588. The molecule has 114 valence electrons. The van der Waals surface area contributed by atoms with Crippen molar-refractivity contribution in [2.24, 2.45) is 11.8 Å². The molecule has 0 aliphatic carbocycles. The standard InChI is InChI=1S/C17H24N2O2/c20-17(16-10-18-11-16)19(12-14-4-2-1-3-5-14)13-15-6-8-21-9-7-15/h1-5,15-16,18H,6-13H2. The highest BCUT2D eigenvalue weighted by molar-refractivity contribution is 5.80. The summed E-state index contributed by atoms with van der Waals surface area (Å²) < 4.78 is 5.43. The van der Waals surface area contributed by atoms with Gasteiger partial charge < -0.3 is 15.0 Å². The number of benzene rings is 1. The fourth-order valence-corrected chi connectivity index (χ4v) is 3.00. The molecule has 1 aromatic rings. The van der Waals surface area contributed by atoms with Crippen LogP contribution in [-0.4, -0.2) is 43.7 Å². The second-order valence-corrected chi connectivity index (χ2v) is 6.12. The van der Waals surface area contributed by atoms with Crippen LogP contribution in [0.4, 0.5) is 0 Å². The molecule has 1 amide bonds. The second kappa shape index (κ2) is 7.05. The van der Waals surface area contributed by atoms with Crippen LogP contribution < -0.4 is 5.32 Å². The molecule has 2 aliphatic heterocycles. The predicted molar refractivity (Wildman–Crippen MR) is 81.8 cm³/mol. The van der Waals surface area contributed by atoms with E-state index in [0.29, 0.717) is 11.8 Å². The first-order chi connectivity index (χ1) is 10.3. The van der Waals surface area contributed by atoms with Gasteiger partial charge in [-0.05, 0) is 24.3 Å². The normalized spacial score (nSPS) is 20.0. The molecule has 2 fully saturated rings. The number of carbonyl (C=O) groups is 1. The molecule has 2 saturated heterocycles. The van der Waals surface area contributed by atoms with Gasteiger partial charge in [0.2, 0.25) is 5.91 Å². The highest BCUT2D eigenvalue weighted by Gasteiger charge is 2.30. The Bertz CT molecular complexity index is 453. The fourth-order valence-electron chi connectivity index (χ4n) is 3.00. The van der Waals surface area contributed by atoms with Crippen molar-refractivity contribution in [2.45, 2.75) is 19.4 Å². The minimum absolute atomic E-state index is 0.175. The Labute approximate surface area is 126 Å². The molecule has 0 radical (unpaired) electrons. The van der Waals surface area contributed by atoms with Gasteiger partial charge in [-0.2, -0.15) is 0 Å². The van der Waals surface area contributed by atoms with Gasteiger partial charge in [0.25, 0.3) is 0 Å². The van der Waals surface area contributed by atoms with E-state index in [9.17, 15) is 4.79 Å². The summed E-state index contributed by atoms with van der Waals surface area (Å²) in [6.07, 6.45) is 2.14. The first kappa shape index (κ1) is 14.5. The summed E-state index contributed by atoms with van der Waals surface area (Å²) in [5, 5.41) is 3.20. The summed E-state index contributed by atoms with van der Waals surface area (Å²) in [6.45, 7) is 4.93. The van der Waals surface area contributed by atoms with Crippen molar-refractivity contribution in [3.05, 3.63) is 35.9 Å². The average molecular weight is 288 g/mol. The molecule has 0 saturated carbocycles. The van der Waals surface area contributed by atoms with Crippen LogP contribution in [0.25, 0.3) is 0 Å². The predicted octanol–water partition coefficient (Wildman–Crippen LogP) is 1.66. The average Bonchev–Trinajstić information content (AvgIpc) is 2.47. The van der Waals surface area contributed by atoms with Crippen molar-refractivity contribution in [3.8, 4) is 0 Å². The van der Waals surface area contributed by atoms with Gasteiger partial charge >= 0.3 is 0 Å². The zero-order valence-electron chi connectivity index (χ0n) is 12.5. The van der Waals surface area contributed by atoms with E-state index in [4.69, 9.17) is 4.74 Å². The molecule has 0 aromatic heterocycles. The maximum Gasteiger partial charge on any atom is 0.228 e. The van der Waals surface area contributed by atoms with Crippen molar-refractivity contribution in [1.29, 1.82) is 0 Å². The number of hydrogen-bond acceptors (Lipinski definition) is 3. The maximum atomic E-state index is 12.7. The summed E-state index contributed by atoms with van der Waals surface area (Å²) in [5.74, 6) is 1.07. The summed E-state index contributed by atoms with van der Waals surface area (Å²) in [4.78, 5) is 14.7. The lowest BCUT2D eigenvalue weighted by Crippen LogP contribution is -2.52. The molecule has 0 bridgehead atoms. The van der Waals surface area contributed by atoms with Crippen LogP contribution in [0.1, 0.15) is 18.4 Å². The summed E-state index contributed by atoms with van der Waals surface area (Å²) in [5.41, 5.74) is 1.21. The van der Waals surface area contributed by atoms with Gasteiger partial charge in [-0.15, -0.1) is 0 Å². The minimum atomic E-state index is 0.175. The Morgan fingerprint density at radius 1 is 1.19 bits per heavy atom. The summed E-state index contributed by atoms with van der Waals surface area (Å²) in [6, 6.07) is 10.3. The molecule has 0 unspecified atom stereocenters. The highest BCUT2D eigenvalue weighted by atomic mass is 16.5. The quantitative estimate of drug-likeness (QED) is 0.896. The van der Waals surface area contributed by atoms with Gasteiger partial charge in [-0.3, -0.25) is 4.79 Å². The number of nitrogens with zero attached hydrogens (tertiary/aromatic N) is 1. The van der Waals surface area contributed by atoms with Crippen LogP contribution >= 0.6 is 0 Å².